The summed E-state index contributed by atoms with van der Waals surface area (Å²) >= 11 is 4.11. The maximum Gasteiger partial charge on any atom is 0.414 e. The van der Waals surface area contributed by atoms with E-state index in [1.165, 1.54) is 5.06 Å². The molecule has 0 aliphatic carbocycles. The average Bonchev–Trinajstić information content (AvgIpc) is 3.13. The SMILES string of the molecule is NCC1CN(c2cc(F)c(ON3CC3CCS)c(F)c2)C(=O)O1. The van der Waals surface area contributed by atoms with Crippen molar-refractivity contribution in [2.75, 3.05) is 30.3 Å². The molecule has 9 heteroatoms. The first-order valence-corrected chi connectivity index (χ1v) is 7.89. The van der Waals surface area contributed by atoms with Crippen molar-refractivity contribution in [1.82, 2.24) is 5.06 Å². The summed E-state index contributed by atoms with van der Waals surface area (Å²) in [5.74, 6) is -1.55. The Kier molecular flexibility index (Phi) is 4.60. The number of cyclic esters (lactones) is 1. The predicted molar refractivity (Wildman–Crippen MR) is 82.6 cm³/mol. The Balaban J connectivity index is 1.74. The molecule has 2 aliphatic rings. The van der Waals surface area contributed by atoms with Gasteiger partial charge in [0, 0.05) is 18.7 Å². The Labute approximate surface area is 137 Å². The van der Waals surface area contributed by atoms with Gasteiger partial charge in [-0.25, -0.2) is 13.6 Å². The van der Waals surface area contributed by atoms with Crippen molar-refractivity contribution in [3.8, 4) is 5.75 Å². The third kappa shape index (κ3) is 3.36. The van der Waals surface area contributed by atoms with Crippen molar-refractivity contribution in [2.45, 2.75) is 18.6 Å². The number of carbonyl (C=O) groups is 1. The minimum absolute atomic E-state index is 0.0750. The van der Waals surface area contributed by atoms with Gasteiger partial charge < -0.3 is 15.3 Å². The smallest absolute Gasteiger partial charge is 0.414 e. The number of nitrogens with two attached hydrogens (primary N) is 1. The maximum atomic E-state index is 14.2. The van der Waals surface area contributed by atoms with E-state index in [-0.39, 0.29) is 24.8 Å². The Morgan fingerprint density at radius 3 is 2.61 bits per heavy atom. The molecule has 0 radical (unpaired) electrons. The first kappa shape index (κ1) is 16.3. The fourth-order valence-electron chi connectivity index (χ4n) is 2.42. The Morgan fingerprint density at radius 2 is 2.04 bits per heavy atom. The van der Waals surface area contributed by atoms with Crippen molar-refractivity contribution in [1.29, 1.82) is 0 Å². The summed E-state index contributed by atoms with van der Waals surface area (Å²) in [5.41, 5.74) is 5.51. The number of thiol groups is 1. The van der Waals surface area contributed by atoms with Crippen LogP contribution in [0.2, 0.25) is 0 Å². The van der Waals surface area contributed by atoms with Gasteiger partial charge >= 0.3 is 6.09 Å². The van der Waals surface area contributed by atoms with Gasteiger partial charge in [0.1, 0.15) is 6.10 Å². The van der Waals surface area contributed by atoms with Crippen LogP contribution in [-0.4, -0.2) is 48.7 Å². The van der Waals surface area contributed by atoms with Gasteiger partial charge in [-0.3, -0.25) is 4.90 Å². The minimum atomic E-state index is -0.875. The number of carbonyl (C=O) groups excluding carboxylic acids is 1. The molecule has 0 aromatic heterocycles. The molecule has 2 aliphatic heterocycles. The van der Waals surface area contributed by atoms with Crippen LogP contribution in [0.4, 0.5) is 19.3 Å². The fraction of sp³-hybridized carbons (Fsp3) is 0.500. The number of hydrogen-bond acceptors (Lipinski definition) is 6. The molecular weight excluding hydrogens is 328 g/mol. The van der Waals surface area contributed by atoms with Crippen molar-refractivity contribution < 1.29 is 23.1 Å². The van der Waals surface area contributed by atoms with E-state index >= 15 is 0 Å². The van der Waals surface area contributed by atoms with Gasteiger partial charge in [0.2, 0.25) is 5.75 Å². The van der Waals surface area contributed by atoms with Crippen molar-refractivity contribution >= 4 is 24.4 Å². The van der Waals surface area contributed by atoms with Gasteiger partial charge in [0.15, 0.2) is 11.6 Å². The first-order chi connectivity index (χ1) is 11.0. The summed E-state index contributed by atoms with van der Waals surface area (Å²) in [6, 6.07) is 2.23. The van der Waals surface area contributed by atoms with Crippen LogP contribution in [0.5, 0.6) is 5.75 Å². The lowest BCUT2D eigenvalue weighted by atomic mass is 10.2. The number of ether oxygens (including phenoxy) is 1. The zero-order valence-electron chi connectivity index (χ0n) is 12.2. The molecule has 126 valence electrons. The lowest BCUT2D eigenvalue weighted by Gasteiger charge is -2.15. The van der Waals surface area contributed by atoms with E-state index in [0.717, 1.165) is 23.5 Å². The quantitative estimate of drug-likeness (QED) is 0.605. The van der Waals surface area contributed by atoms with Gasteiger partial charge in [-0.15, -0.1) is 5.06 Å². The standard InChI is InChI=1S/C14H17F2N3O3S/c15-11-3-9(18-7-10(5-17)21-14(18)20)4-12(16)13(11)22-19-6-8(19)1-2-23/h3-4,8,10,23H,1-2,5-7,17H2. The van der Waals surface area contributed by atoms with Gasteiger partial charge in [-0.05, 0) is 12.2 Å². The maximum absolute atomic E-state index is 14.2. The van der Waals surface area contributed by atoms with Gasteiger partial charge in [0.05, 0.1) is 24.8 Å². The highest BCUT2D eigenvalue weighted by Gasteiger charge is 2.38. The molecule has 2 fully saturated rings. The molecule has 2 heterocycles. The number of hydrogen-bond donors (Lipinski definition) is 2. The molecule has 6 nitrogen and oxygen atoms in total. The highest BCUT2D eigenvalue weighted by atomic mass is 32.1. The zero-order chi connectivity index (χ0) is 16.6. The molecule has 1 aromatic rings. The summed E-state index contributed by atoms with van der Waals surface area (Å²) in [6.45, 7) is 0.915. The average molecular weight is 345 g/mol. The fourth-order valence-corrected chi connectivity index (χ4v) is 2.72. The summed E-state index contributed by atoms with van der Waals surface area (Å²) in [4.78, 5) is 18.1. The number of benzene rings is 1. The Hall–Kier alpha value is -1.58. The van der Waals surface area contributed by atoms with Crippen LogP contribution in [0, 0.1) is 11.6 Å². The molecule has 0 spiro atoms. The summed E-state index contributed by atoms with van der Waals surface area (Å²) in [6.07, 6.45) is -0.373. The van der Waals surface area contributed by atoms with Crippen LogP contribution in [0.25, 0.3) is 0 Å². The summed E-state index contributed by atoms with van der Waals surface area (Å²) < 4.78 is 33.3. The molecule has 3 atom stereocenters. The lowest BCUT2D eigenvalue weighted by Crippen LogP contribution is -2.27. The van der Waals surface area contributed by atoms with Crippen LogP contribution in [0.15, 0.2) is 12.1 Å². The number of hydroxylamine groups is 2. The zero-order valence-corrected chi connectivity index (χ0v) is 13.1. The van der Waals surface area contributed by atoms with Crippen molar-refractivity contribution in [3.05, 3.63) is 23.8 Å². The second kappa shape index (κ2) is 6.50. The molecular formula is C14H17F2N3O3S. The molecule has 2 saturated heterocycles. The van der Waals surface area contributed by atoms with E-state index in [9.17, 15) is 13.6 Å². The van der Waals surface area contributed by atoms with Crippen molar-refractivity contribution in [3.63, 3.8) is 0 Å². The monoisotopic (exact) mass is 345 g/mol. The second-order valence-corrected chi connectivity index (χ2v) is 5.89. The Morgan fingerprint density at radius 1 is 1.35 bits per heavy atom. The Bertz CT molecular complexity index is 596. The summed E-state index contributed by atoms with van der Waals surface area (Å²) in [5, 5.41) is 1.49. The third-order valence-corrected chi connectivity index (χ3v) is 4.03. The second-order valence-electron chi connectivity index (χ2n) is 5.45. The lowest BCUT2D eigenvalue weighted by molar-refractivity contribution is 0.0417. The van der Waals surface area contributed by atoms with E-state index in [4.69, 9.17) is 15.3 Å². The van der Waals surface area contributed by atoms with Crippen LogP contribution in [0.1, 0.15) is 6.42 Å². The molecule has 3 rings (SSSR count). The first-order valence-electron chi connectivity index (χ1n) is 7.26. The van der Waals surface area contributed by atoms with Crippen LogP contribution in [0.3, 0.4) is 0 Å². The molecule has 0 bridgehead atoms. The number of anilines is 1. The molecule has 1 aromatic carbocycles. The molecule has 1 amide bonds. The van der Waals surface area contributed by atoms with Gasteiger partial charge in [-0.1, -0.05) is 0 Å². The minimum Gasteiger partial charge on any atom is -0.443 e. The van der Waals surface area contributed by atoms with E-state index in [2.05, 4.69) is 12.6 Å². The molecule has 3 unspecified atom stereocenters. The third-order valence-electron chi connectivity index (χ3n) is 3.77. The largest absolute Gasteiger partial charge is 0.443 e. The van der Waals surface area contributed by atoms with Crippen LogP contribution < -0.4 is 15.5 Å². The van der Waals surface area contributed by atoms with Crippen molar-refractivity contribution in [2.24, 2.45) is 5.73 Å². The molecule has 0 saturated carbocycles. The van der Waals surface area contributed by atoms with Crippen LogP contribution >= 0.6 is 12.6 Å². The normalized spacial score (nSPS) is 26.3. The van der Waals surface area contributed by atoms with E-state index in [1.54, 1.807) is 0 Å². The summed E-state index contributed by atoms with van der Waals surface area (Å²) in [7, 11) is 0. The highest BCUT2D eigenvalue weighted by Crippen LogP contribution is 2.33. The van der Waals surface area contributed by atoms with Gasteiger partial charge in [-0.2, -0.15) is 12.6 Å². The number of amides is 1. The molecule has 2 N–H and O–H groups in total. The van der Waals surface area contributed by atoms with Gasteiger partial charge in [0.25, 0.3) is 0 Å². The number of rotatable bonds is 6. The van der Waals surface area contributed by atoms with Crippen LogP contribution in [-0.2, 0) is 4.74 Å². The topological polar surface area (TPSA) is 67.8 Å². The van der Waals surface area contributed by atoms with E-state index in [1.807, 2.05) is 0 Å². The number of nitrogens with zero attached hydrogens (tertiary/aromatic N) is 2. The van der Waals surface area contributed by atoms with E-state index in [0.29, 0.717) is 12.3 Å². The molecule has 23 heavy (non-hydrogen) atoms. The number of halogens is 2. The van der Waals surface area contributed by atoms with E-state index < -0.39 is 29.6 Å². The predicted octanol–water partition coefficient (Wildman–Crippen LogP) is 1.55. The highest BCUT2D eigenvalue weighted by molar-refractivity contribution is 7.80.